The lowest BCUT2D eigenvalue weighted by atomic mass is 10.0. The average molecular weight is 290 g/mol. The first-order valence-electron chi connectivity index (χ1n) is 6.24. The number of benzene rings is 1. The minimum Gasteiger partial charge on any atom is -0.353 e. The van der Waals surface area contributed by atoms with E-state index in [2.05, 4.69) is 5.32 Å². The van der Waals surface area contributed by atoms with Gasteiger partial charge in [-0.3, -0.25) is 4.79 Å². The molecule has 0 spiro atoms. The van der Waals surface area contributed by atoms with Crippen molar-refractivity contribution in [1.29, 1.82) is 0 Å². The monoisotopic (exact) mass is 289 g/mol. The number of rotatable bonds is 6. The number of hydrogen-bond donors (Lipinski definition) is 1. The first kappa shape index (κ1) is 15.9. The number of alkyl halides is 1. The molecule has 1 rings (SSSR count). The number of amides is 1. The normalized spacial score (nSPS) is 12.5. The molecule has 1 aromatic carbocycles. The van der Waals surface area contributed by atoms with Gasteiger partial charge < -0.3 is 5.32 Å². The zero-order valence-corrected chi connectivity index (χ0v) is 11.8. The predicted molar refractivity (Wildman–Crippen MR) is 72.2 cm³/mol. The number of carbonyl (C=O) groups is 1. The molecule has 5 heteroatoms. The number of hydrogen-bond acceptors (Lipinski definition) is 1. The predicted octanol–water partition coefficient (Wildman–Crippen LogP) is 3.28. The molecular weight excluding hydrogens is 272 g/mol. The van der Waals surface area contributed by atoms with Gasteiger partial charge in [0.15, 0.2) is 11.6 Å². The van der Waals surface area contributed by atoms with Gasteiger partial charge in [0, 0.05) is 17.5 Å². The highest BCUT2D eigenvalue weighted by Gasteiger charge is 2.17. The van der Waals surface area contributed by atoms with Crippen molar-refractivity contribution in [3.05, 3.63) is 35.4 Å². The lowest BCUT2D eigenvalue weighted by Crippen LogP contribution is -2.39. The second kappa shape index (κ2) is 7.43. The molecule has 0 radical (unpaired) electrons. The number of carbonyl (C=O) groups excluding carboxylic acids is 1. The Morgan fingerprint density at radius 1 is 1.37 bits per heavy atom. The second-order valence-corrected chi connectivity index (χ2v) is 5.16. The van der Waals surface area contributed by atoms with Gasteiger partial charge in [0.05, 0.1) is 6.42 Å². The Bertz CT molecular complexity index is 437. The zero-order chi connectivity index (χ0) is 14.4. The molecule has 1 atom stereocenters. The molecule has 1 unspecified atom stereocenters. The summed E-state index contributed by atoms with van der Waals surface area (Å²) in [6, 6.07) is 3.77. The highest BCUT2D eigenvalue weighted by atomic mass is 35.5. The third kappa shape index (κ3) is 4.78. The van der Waals surface area contributed by atoms with Gasteiger partial charge in [-0.2, -0.15) is 0 Å². The van der Waals surface area contributed by atoms with Gasteiger partial charge in [-0.1, -0.05) is 26.0 Å². The molecule has 0 saturated heterocycles. The fourth-order valence-corrected chi connectivity index (χ4v) is 2.04. The van der Waals surface area contributed by atoms with Crippen LogP contribution in [-0.4, -0.2) is 17.8 Å². The van der Waals surface area contributed by atoms with E-state index >= 15 is 0 Å². The van der Waals surface area contributed by atoms with E-state index < -0.39 is 11.6 Å². The topological polar surface area (TPSA) is 29.1 Å². The maximum absolute atomic E-state index is 13.4. The molecule has 1 aromatic rings. The summed E-state index contributed by atoms with van der Waals surface area (Å²) < 4.78 is 26.4. The van der Waals surface area contributed by atoms with Crippen molar-refractivity contribution in [2.45, 2.75) is 32.7 Å². The van der Waals surface area contributed by atoms with Crippen LogP contribution < -0.4 is 5.32 Å². The Hall–Kier alpha value is -1.16. The standard InChI is InChI=1S/C14H18ClF2NO/c1-9(2)12(6-7-15)18-13(19)8-10-4-3-5-11(16)14(10)17/h3-5,9,12H,6-8H2,1-2H3,(H,18,19). The van der Waals surface area contributed by atoms with Crippen LogP contribution in [0.1, 0.15) is 25.8 Å². The lowest BCUT2D eigenvalue weighted by molar-refractivity contribution is -0.121. The Kier molecular flexibility index (Phi) is 6.22. The van der Waals surface area contributed by atoms with Gasteiger partial charge in [0.25, 0.3) is 0 Å². The van der Waals surface area contributed by atoms with E-state index in [1.54, 1.807) is 0 Å². The van der Waals surface area contributed by atoms with Crippen molar-refractivity contribution < 1.29 is 13.6 Å². The van der Waals surface area contributed by atoms with E-state index in [1.165, 1.54) is 12.1 Å². The first-order chi connectivity index (χ1) is 8.95. The maximum atomic E-state index is 13.4. The largest absolute Gasteiger partial charge is 0.353 e. The Balaban J connectivity index is 2.66. The third-order valence-electron chi connectivity index (χ3n) is 2.95. The van der Waals surface area contributed by atoms with Crippen molar-refractivity contribution in [3.8, 4) is 0 Å². The summed E-state index contributed by atoms with van der Waals surface area (Å²) in [6.07, 6.45) is 0.478. The third-order valence-corrected chi connectivity index (χ3v) is 3.17. The van der Waals surface area contributed by atoms with E-state index in [0.717, 1.165) is 6.07 Å². The quantitative estimate of drug-likeness (QED) is 0.800. The van der Waals surface area contributed by atoms with E-state index in [9.17, 15) is 13.6 Å². The van der Waals surface area contributed by atoms with Crippen molar-refractivity contribution in [1.82, 2.24) is 5.32 Å². The van der Waals surface area contributed by atoms with Crippen LogP contribution in [0.25, 0.3) is 0 Å². The summed E-state index contributed by atoms with van der Waals surface area (Å²) in [5.74, 6) is -1.55. The van der Waals surface area contributed by atoms with E-state index in [0.29, 0.717) is 12.3 Å². The average Bonchev–Trinajstić information content (AvgIpc) is 2.34. The Morgan fingerprint density at radius 3 is 2.63 bits per heavy atom. The fourth-order valence-electron chi connectivity index (χ4n) is 1.81. The van der Waals surface area contributed by atoms with E-state index in [-0.39, 0.29) is 29.9 Å². The van der Waals surface area contributed by atoms with Gasteiger partial charge in [0.2, 0.25) is 5.91 Å². The molecule has 0 aliphatic carbocycles. The van der Waals surface area contributed by atoms with Crippen molar-refractivity contribution in [2.75, 3.05) is 5.88 Å². The van der Waals surface area contributed by atoms with Crippen LogP contribution in [-0.2, 0) is 11.2 Å². The van der Waals surface area contributed by atoms with E-state index in [1.807, 2.05) is 13.8 Å². The summed E-state index contributed by atoms with van der Waals surface area (Å²) in [5, 5.41) is 2.80. The molecule has 1 amide bonds. The highest BCUT2D eigenvalue weighted by Crippen LogP contribution is 2.13. The molecule has 0 fully saturated rings. The Morgan fingerprint density at radius 2 is 2.05 bits per heavy atom. The molecule has 19 heavy (non-hydrogen) atoms. The minimum atomic E-state index is -0.962. The van der Waals surface area contributed by atoms with Crippen LogP contribution in [0.4, 0.5) is 8.78 Å². The van der Waals surface area contributed by atoms with Crippen LogP contribution in [0.5, 0.6) is 0 Å². The highest BCUT2D eigenvalue weighted by molar-refractivity contribution is 6.17. The first-order valence-corrected chi connectivity index (χ1v) is 6.77. The molecule has 0 heterocycles. The molecule has 0 aromatic heterocycles. The van der Waals surface area contributed by atoms with E-state index in [4.69, 9.17) is 11.6 Å². The Labute approximate surface area is 117 Å². The molecule has 106 valence electrons. The van der Waals surface area contributed by atoms with Crippen molar-refractivity contribution in [3.63, 3.8) is 0 Å². The summed E-state index contributed by atoms with van der Waals surface area (Å²) >= 11 is 5.67. The van der Waals surface area contributed by atoms with Gasteiger partial charge in [-0.15, -0.1) is 11.6 Å². The molecule has 0 saturated carbocycles. The van der Waals surface area contributed by atoms with Gasteiger partial charge >= 0.3 is 0 Å². The van der Waals surface area contributed by atoms with Crippen molar-refractivity contribution in [2.24, 2.45) is 5.92 Å². The van der Waals surface area contributed by atoms with Crippen LogP contribution in [0.15, 0.2) is 18.2 Å². The second-order valence-electron chi connectivity index (χ2n) is 4.79. The zero-order valence-electron chi connectivity index (χ0n) is 11.1. The molecule has 0 aliphatic rings. The van der Waals surface area contributed by atoms with Gasteiger partial charge in [-0.25, -0.2) is 8.78 Å². The summed E-state index contributed by atoms with van der Waals surface area (Å²) in [7, 11) is 0. The lowest BCUT2D eigenvalue weighted by Gasteiger charge is -2.21. The van der Waals surface area contributed by atoms with Crippen LogP contribution in [0, 0.1) is 17.6 Å². The van der Waals surface area contributed by atoms with Crippen molar-refractivity contribution >= 4 is 17.5 Å². The van der Waals surface area contributed by atoms with Crippen LogP contribution in [0.2, 0.25) is 0 Å². The molecule has 0 bridgehead atoms. The molecule has 2 nitrogen and oxygen atoms in total. The van der Waals surface area contributed by atoms with Gasteiger partial charge in [-0.05, 0) is 18.4 Å². The molecular formula is C14H18ClF2NO. The maximum Gasteiger partial charge on any atom is 0.224 e. The number of nitrogens with one attached hydrogen (secondary N) is 1. The summed E-state index contributed by atoms with van der Waals surface area (Å²) in [6.45, 7) is 3.94. The fraction of sp³-hybridized carbons (Fsp3) is 0.500. The molecule has 1 N–H and O–H groups in total. The van der Waals surface area contributed by atoms with Gasteiger partial charge in [0.1, 0.15) is 0 Å². The molecule has 0 aliphatic heterocycles. The summed E-state index contributed by atoms with van der Waals surface area (Å²) in [4.78, 5) is 11.8. The smallest absolute Gasteiger partial charge is 0.224 e. The minimum absolute atomic E-state index is 0.0541. The summed E-state index contributed by atoms with van der Waals surface area (Å²) in [5.41, 5.74) is 0.0610. The van der Waals surface area contributed by atoms with Crippen LogP contribution >= 0.6 is 11.6 Å². The van der Waals surface area contributed by atoms with Crippen LogP contribution in [0.3, 0.4) is 0 Å². The number of halogens is 3. The SMILES string of the molecule is CC(C)C(CCCl)NC(=O)Cc1cccc(F)c1F.